The van der Waals surface area contributed by atoms with E-state index in [1.807, 2.05) is 61.9 Å². The largest absolute Gasteiger partial charge is 0.471 e. The Morgan fingerprint density at radius 3 is 2.74 bits per heavy atom. The van der Waals surface area contributed by atoms with Gasteiger partial charge in [-0.05, 0) is 41.8 Å². The highest BCUT2D eigenvalue weighted by molar-refractivity contribution is 5.82. The summed E-state index contributed by atoms with van der Waals surface area (Å²) in [6.07, 6.45) is 7.26. The Morgan fingerprint density at radius 1 is 1.00 bits per heavy atom. The van der Waals surface area contributed by atoms with E-state index < -0.39 is 0 Å². The molecule has 0 spiro atoms. The van der Waals surface area contributed by atoms with Crippen molar-refractivity contribution in [2.24, 2.45) is 7.05 Å². The van der Waals surface area contributed by atoms with Gasteiger partial charge in [-0.3, -0.25) is 9.67 Å². The van der Waals surface area contributed by atoms with Gasteiger partial charge in [-0.25, -0.2) is 9.97 Å². The van der Waals surface area contributed by atoms with Crippen LogP contribution in [0.5, 0.6) is 5.88 Å². The first-order valence-electron chi connectivity index (χ1n) is 11.0. The highest BCUT2D eigenvalue weighted by Crippen LogP contribution is 2.27. The maximum absolute atomic E-state index is 5.82. The van der Waals surface area contributed by atoms with Crippen molar-refractivity contribution in [3.8, 4) is 17.0 Å². The summed E-state index contributed by atoms with van der Waals surface area (Å²) < 4.78 is 7.59. The fraction of sp³-hybridized carbons (Fsp3) is 0.200. The molecule has 9 nitrogen and oxygen atoms in total. The molecule has 0 amide bonds. The number of nitrogens with zero attached hydrogens (tertiary/aromatic N) is 7. The van der Waals surface area contributed by atoms with Crippen molar-refractivity contribution in [2.75, 3.05) is 5.32 Å². The van der Waals surface area contributed by atoms with E-state index in [4.69, 9.17) is 9.72 Å². The topological polar surface area (TPSA) is 104 Å². The van der Waals surface area contributed by atoms with E-state index in [9.17, 15) is 0 Å². The molecule has 1 N–H and O–H groups in total. The number of nitrogens with one attached hydrogen (secondary N) is 1. The Kier molecular flexibility index (Phi) is 5.82. The van der Waals surface area contributed by atoms with Crippen molar-refractivity contribution in [3.05, 3.63) is 78.5 Å². The van der Waals surface area contributed by atoms with Crippen LogP contribution in [0.1, 0.15) is 31.0 Å². The van der Waals surface area contributed by atoms with Crippen LogP contribution in [0.25, 0.3) is 22.2 Å². The molecule has 0 unspecified atom stereocenters. The summed E-state index contributed by atoms with van der Waals surface area (Å²) in [5.41, 5.74) is 5.31. The number of hydrogen-bond donors (Lipinski definition) is 1. The molecular formula is C25H24N8O. The molecule has 0 atom stereocenters. The summed E-state index contributed by atoms with van der Waals surface area (Å²) in [7, 11) is 1.88. The molecule has 9 heteroatoms. The van der Waals surface area contributed by atoms with E-state index in [2.05, 4.69) is 44.4 Å². The van der Waals surface area contributed by atoms with Gasteiger partial charge in [0.15, 0.2) is 5.82 Å². The second kappa shape index (κ2) is 9.22. The normalized spacial score (nSPS) is 11.2. The summed E-state index contributed by atoms with van der Waals surface area (Å²) in [5, 5.41) is 16.1. The molecule has 0 aliphatic heterocycles. The smallest absolute Gasteiger partial charge is 0.213 e. The van der Waals surface area contributed by atoms with Crippen LogP contribution in [0, 0.1) is 0 Å². The molecule has 0 aromatic carbocycles. The number of anilines is 2. The zero-order valence-corrected chi connectivity index (χ0v) is 19.2. The Balaban J connectivity index is 1.42. The Hall–Kier alpha value is -4.40. The number of hydrogen-bond acceptors (Lipinski definition) is 8. The third kappa shape index (κ3) is 4.68. The van der Waals surface area contributed by atoms with Crippen LogP contribution < -0.4 is 10.1 Å². The molecule has 0 aliphatic rings. The van der Waals surface area contributed by atoms with Crippen molar-refractivity contribution in [3.63, 3.8) is 0 Å². The standard InChI is InChI=1S/C25H24N8O/c1-16(2)17-11-24(31-28-13-17)30-23-8-7-20-21(29-23)10-18(12-27-20)19-14-33(3)32-22(19)15-34-25-6-4-5-9-26-25/h4-14,16H,15H2,1-3H3,(H,29,30,31). The lowest BCUT2D eigenvalue weighted by Crippen LogP contribution is -2.01. The second-order valence-corrected chi connectivity index (χ2v) is 8.23. The van der Waals surface area contributed by atoms with Gasteiger partial charge >= 0.3 is 0 Å². The Labute approximate surface area is 196 Å². The third-order valence-corrected chi connectivity index (χ3v) is 5.35. The van der Waals surface area contributed by atoms with E-state index in [1.165, 1.54) is 0 Å². The highest BCUT2D eigenvalue weighted by Gasteiger charge is 2.13. The molecule has 5 rings (SSSR count). The number of aryl methyl sites for hydroxylation is 1. The lowest BCUT2D eigenvalue weighted by molar-refractivity contribution is 0.288. The minimum Gasteiger partial charge on any atom is -0.471 e. The minimum atomic E-state index is 0.297. The summed E-state index contributed by atoms with van der Waals surface area (Å²) in [5.74, 6) is 2.25. The van der Waals surface area contributed by atoms with Crippen molar-refractivity contribution in [1.82, 2.24) is 34.9 Å². The van der Waals surface area contributed by atoms with Crippen LogP contribution in [0.2, 0.25) is 0 Å². The molecule has 0 radical (unpaired) electrons. The Bertz CT molecular complexity index is 1430. The van der Waals surface area contributed by atoms with E-state index in [-0.39, 0.29) is 0 Å². The van der Waals surface area contributed by atoms with Crippen molar-refractivity contribution < 1.29 is 4.74 Å². The first-order valence-corrected chi connectivity index (χ1v) is 11.0. The van der Waals surface area contributed by atoms with Crippen LogP contribution in [-0.2, 0) is 13.7 Å². The van der Waals surface area contributed by atoms with Gasteiger partial charge in [-0.1, -0.05) is 19.9 Å². The second-order valence-electron chi connectivity index (χ2n) is 8.23. The van der Waals surface area contributed by atoms with Gasteiger partial charge in [0.2, 0.25) is 5.88 Å². The molecule has 0 bridgehead atoms. The first-order chi connectivity index (χ1) is 16.5. The van der Waals surface area contributed by atoms with E-state index >= 15 is 0 Å². The molecule has 0 saturated carbocycles. The molecule has 170 valence electrons. The molecular weight excluding hydrogens is 428 g/mol. The summed E-state index contributed by atoms with van der Waals surface area (Å²) in [4.78, 5) is 13.6. The van der Waals surface area contributed by atoms with E-state index in [1.54, 1.807) is 17.1 Å². The van der Waals surface area contributed by atoms with Crippen LogP contribution >= 0.6 is 0 Å². The fourth-order valence-corrected chi connectivity index (χ4v) is 3.57. The zero-order valence-electron chi connectivity index (χ0n) is 19.2. The van der Waals surface area contributed by atoms with Gasteiger partial charge in [-0.2, -0.15) is 10.2 Å². The van der Waals surface area contributed by atoms with E-state index in [0.29, 0.717) is 30.0 Å². The van der Waals surface area contributed by atoms with E-state index in [0.717, 1.165) is 33.4 Å². The van der Waals surface area contributed by atoms with Crippen molar-refractivity contribution >= 4 is 22.7 Å². The maximum atomic E-state index is 5.82. The third-order valence-electron chi connectivity index (χ3n) is 5.35. The predicted octanol–water partition coefficient (Wildman–Crippen LogP) is 4.66. The van der Waals surface area contributed by atoms with Gasteiger partial charge in [0.25, 0.3) is 0 Å². The SMILES string of the molecule is CC(C)c1cnnc(Nc2ccc3ncc(-c4cn(C)nc4COc4ccccn4)cc3n2)c1. The Morgan fingerprint density at radius 2 is 1.91 bits per heavy atom. The van der Waals surface area contributed by atoms with Crippen LogP contribution in [0.15, 0.2) is 67.3 Å². The number of pyridine rings is 3. The average molecular weight is 453 g/mol. The zero-order chi connectivity index (χ0) is 23.5. The predicted molar refractivity (Wildman–Crippen MR) is 130 cm³/mol. The van der Waals surface area contributed by atoms with Crippen molar-refractivity contribution in [2.45, 2.75) is 26.4 Å². The number of fused-ring (bicyclic) bond motifs is 1. The molecule has 0 fully saturated rings. The summed E-state index contributed by atoms with van der Waals surface area (Å²) >= 11 is 0. The van der Waals surface area contributed by atoms with Gasteiger partial charge in [-0.15, -0.1) is 5.10 Å². The van der Waals surface area contributed by atoms with Crippen LogP contribution in [0.4, 0.5) is 11.6 Å². The number of aromatic nitrogens is 7. The lowest BCUT2D eigenvalue weighted by atomic mass is 10.1. The highest BCUT2D eigenvalue weighted by atomic mass is 16.5. The van der Waals surface area contributed by atoms with Crippen LogP contribution in [0.3, 0.4) is 0 Å². The molecule has 5 heterocycles. The molecule has 0 saturated heterocycles. The molecule has 0 aliphatic carbocycles. The maximum Gasteiger partial charge on any atom is 0.213 e. The van der Waals surface area contributed by atoms with Crippen molar-refractivity contribution in [1.29, 1.82) is 0 Å². The first kappa shape index (κ1) is 21.4. The monoisotopic (exact) mass is 452 g/mol. The number of rotatable bonds is 7. The lowest BCUT2D eigenvalue weighted by Gasteiger charge is -2.09. The molecule has 5 aromatic heterocycles. The quantitative estimate of drug-likeness (QED) is 0.380. The fourth-order valence-electron chi connectivity index (χ4n) is 3.57. The van der Waals surface area contributed by atoms with Crippen LogP contribution in [-0.4, -0.2) is 34.9 Å². The minimum absolute atomic E-state index is 0.297. The summed E-state index contributed by atoms with van der Waals surface area (Å²) in [6, 6.07) is 13.4. The van der Waals surface area contributed by atoms with Gasteiger partial charge in [0, 0.05) is 42.8 Å². The summed E-state index contributed by atoms with van der Waals surface area (Å²) in [6.45, 7) is 4.54. The molecule has 5 aromatic rings. The van der Waals surface area contributed by atoms with Gasteiger partial charge < -0.3 is 10.1 Å². The molecule has 34 heavy (non-hydrogen) atoms. The average Bonchev–Trinajstić information content (AvgIpc) is 3.23. The van der Waals surface area contributed by atoms with Gasteiger partial charge in [0.1, 0.15) is 18.1 Å². The number of ether oxygens (including phenoxy) is 1. The van der Waals surface area contributed by atoms with Gasteiger partial charge in [0.05, 0.1) is 17.2 Å².